The molecule has 5 heteroatoms. The summed E-state index contributed by atoms with van der Waals surface area (Å²) in [7, 11) is 4.29. The van der Waals surface area contributed by atoms with Gasteiger partial charge in [0.15, 0.2) is 0 Å². The van der Waals surface area contributed by atoms with Crippen LogP contribution in [0.25, 0.3) is 0 Å². The van der Waals surface area contributed by atoms with E-state index in [4.69, 9.17) is 4.42 Å². The van der Waals surface area contributed by atoms with Gasteiger partial charge in [-0.3, -0.25) is 4.79 Å². The number of hydrogen-bond donors (Lipinski definition) is 1. The van der Waals surface area contributed by atoms with Crippen LogP contribution in [0, 0.1) is 19.8 Å². The lowest BCUT2D eigenvalue weighted by molar-refractivity contribution is 0.102. The first-order valence-electron chi connectivity index (χ1n) is 9.30. The van der Waals surface area contributed by atoms with Crippen LogP contribution in [0.3, 0.4) is 0 Å². The minimum Gasteiger partial charge on any atom is -0.466 e. The van der Waals surface area contributed by atoms with Gasteiger partial charge in [0.1, 0.15) is 11.5 Å². The molecule has 2 aromatic rings. The molecular weight excluding hydrogens is 326 g/mol. The van der Waals surface area contributed by atoms with Gasteiger partial charge in [0, 0.05) is 31.0 Å². The Morgan fingerprint density at radius 1 is 1.19 bits per heavy atom. The number of amides is 1. The number of anilines is 2. The van der Waals surface area contributed by atoms with Crippen LogP contribution in [0.15, 0.2) is 34.7 Å². The molecule has 0 unspecified atom stereocenters. The highest BCUT2D eigenvalue weighted by Gasteiger charge is 2.20. The minimum atomic E-state index is -0.128. The van der Waals surface area contributed by atoms with E-state index in [1.54, 1.807) is 6.07 Å². The monoisotopic (exact) mass is 355 g/mol. The highest BCUT2D eigenvalue weighted by Crippen LogP contribution is 2.25. The van der Waals surface area contributed by atoms with Gasteiger partial charge in [0.05, 0.1) is 5.56 Å². The third kappa shape index (κ3) is 4.47. The molecule has 1 aromatic carbocycles. The van der Waals surface area contributed by atoms with Gasteiger partial charge in [-0.05, 0) is 77.0 Å². The molecule has 0 bridgehead atoms. The van der Waals surface area contributed by atoms with Crippen LogP contribution < -0.4 is 10.2 Å². The van der Waals surface area contributed by atoms with Crippen LogP contribution in [-0.2, 0) is 0 Å². The van der Waals surface area contributed by atoms with Crippen molar-refractivity contribution in [2.24, 2.45) is 5.92 Å². The lowest BCUT2D eigenvalue weighted by atomic mass is 9.96. The molecule has 140 valence electrons. The first kappa shape index (κ1) is 18.5. The third-order valence-electron chi connectivity index (χ3n) is 5.01. The molecule has 0 aliphatic carbocycles. The number of carbonyl (C=O) groups excluding carboxylic acids is 1. The number of furan rings is 1. The largest absolute Gasteiger partial charge is 0.466 e. The first-order valence-corrected chi connectivity index (χ1v) is 9.30. The summed E-state index contributed by atoms with van der Waals surface area (Å²) in [6.07, 6.45) is 2.46. The maximum absolute atomic E-state index is 12.4. The van der Waals surface area contributed by atoms with Crippen molar-refractivity contribution in [1.82, 2.24) is 4.90 Å². The summed E-state index contributed by atoms with van der Waals surface area (Å²) in [6.45, 7) is 7.02. The third-order valence-corrected chi connectivity index (χ3v) is 5.01. The van der Waals surface area contributed by atoms with E-state index in [9.17, 15) is 4.79 Å². The fraction of sp³-hybridized carbons (Fsp3) is 0.476. The van der Waals surface area contributed by atoms with Crippen molar-refractivity contribution in [3.63, 3.8) is 0 Å². The van der Waals surface area contributed by atoms with Crippen LogP contribution in [0.5, 0.6) is 0 Å². The lowest BCUT2D eigenvalue weighted by Crippen LogP contribution is -2.37. The lowest BCUT2D eigenvalue weighted by Gasteiger charge is -2.34. The molecule has 1 N–H and O–H groups in total. The average Bonchev–Trinajstić information content (AvgIpc) is 2.94. The second kappa shape index (κ2) is 7.96. The van der Waals surface area contributed by atoms with E-state index < -0.39 is 0 Å². The molecule has 1 aliphatic rings. The van der Waals surface area contributed by atoms with Gasteiger partial charge in [0.25, 0.3) is 5.91 Å². The Kier molecular flexibility index (Phi) is 5.67. The standard InChI is InChI=1S/C21H29N3O2/c1-15-13-20(16(2)26-15)21(25)22-18-5-7-19(8-6-18)24-11-9-17(10-12-24)14-23(3)4/h5-8,13,17H,9-12,14H2,1-4H3,(H,22,25). The molecule has 3 rings (SSSR count). The molecule has 1 saturated heterocycles. The van der Waals surface area contributed by atoms with Gasteiger partial charge in [-0.2, -0.15) is 0 Å². The van der Waals surface area contributed by atoms with Crippen molar-refractivity contribution < 1.29 is 9.21 Å². The Bertz CT molecular complexity index is 741. The molecule has 0 atom stereocenters. The molecule has 26 heavy (non-hydrogen) atoms. The molecule has 0 radical (unpaired) electrons. The van der Waals surface area contributed by atoms with E-state index >= 15 is 0 Å². The Hall–Kier alpha value is -2.27. The Morgan fingerprint density at radius 2 is 1.85 bits per heavy atom. The SMILES string of the molecule is Cc1cc(C(=O)Nc2ccc(N3CCC(CN(C)C)CC3)cc2)c(C)o1. The summed E-state index contributed by atoms with van der Waals surface area (Å²) in [5, 5.41) is 2.95. The van der Waals surface area contributed by atoms with E-state index in [1.807, 2.05) is 26.0 Å². The van der Waals surface area contributed by atoms with Crippen LogP contribution >= 0.6 is 0 Å². The molecule has 2 heterocycles. The van der Waals surface area contributed by atoms with E-state index in [0.717, 1.165) is 30.5 Å². The predicted octanol–water partition coefficient (Wildman–Crippen LogP) is 3.93. The topological polar surface area (TPSA) is 48.7 Å². The molecule has 5 nitrogen and oxygen atoms in total. The molecule has 0 saturated carbocycles. The van der Waals surface area contributed by atoms with Gasteiger partial charge in [0.2, 0.25) is 0 Å². The van der Waals surface area contributed by atoms with E-state index in [0.29, 0.717) is 11.3 Å². The Labute approximate surface area is 156 Å². The first-order chi connectivity index (χ1) is 12.4. The summed E-state index contributed by atoms with van der Waals surface area (Å²) in [6, 6.07) is 9.91. The second-order valence-corrected chi connectivity index (χ2v) is 7.52. The number of benzene rings is 1. The highest BCUT2D eigenvalue weighted by molar-refractivity contribution is 6.05. The summed E-state index contributed by atoms with van der Waals surface area (Å²) >= 11 is 0. The normalized spacial score (nSPS) is 15.5. The molecule has 1 aromatic heterocycles. The molecule has 1 aliphatic heterocycles. The maximum Gasteiger partial charge on any atom is 0.259 e. The number of aryl methyl sites for hydroxylation is 2. The molecule has 1 fully saturated rings. The zero-order valence-corrected chi connectivity index (χ0v) is 16.2. The summed E-state index contributed by atoms with van der Waals surface area (Å²) in [5.74, 6) is 2.07. The molecular formula is C21H29N3O2. The number of rotatable bonds is 5. The van der Waals surface area contributed by atoms with E-state index in [-0.39, 0.29) is 5.91 Å². The van der Waals surface area contributed by atoms with E-state index in [2.05, 4.69) is 41.3 Å². The highest BCUT2D eigenvalue weighted by atomic mass is 16.3. The van der Waals surface area contributed by atoms with Gasteiger partial charge in [-0.25, -0.2) is 0 Å². The van der Waals surface area contributed by atoms with E-state index in [1.165, 1.54) is 25.1 Å². The Balaban J connectivity index is 1.57. The quantitative estimate of drug-likeness (QED) is 0.883. The maximum atomic E-state index is 12.4. The summed E-state index contributed by atoms with van der Waals surface area (Å²) < 4.78 is 5.43. The number of piperidine rings is 1. The van der Waals surface area contributed by atoms with Crippen LogP contribution in [0.4, 0.5) is 11.4 Å². The van der Waals surface area contributed by atoms with Crippen molar-refractivity contribution in [3.8, 4) is 0 Å². The second-order valence-electron chi connectivity index (χ2n) is 7.52. The fourth-order valence-corrected chi connectivity index (χ4v) is 3.70. The predicted molar refractivity (Wildman–Crippen MR) is 106 cm³/mol. The van der Waals surface area contributed by atoms with Crippen molar-refractivity contribution >= 4 is 17.3 Å². The average molecular weight is 355 g/mol. The van der Waals surface area contributed by atoms with Gasteiger partial charge in [-0.1, -0.05) is 0 Å². The van der Waals surface area contributed by atoms with Gasteiger partial charge in [-0.15, -0.1) is 0 Å². The van der Waals surface area contributed by atoms with Gasteiger partial charge < -0.3 is 19.5 Å². The summed E-state index contributed by atoms with van der Waals surface area (Å²) in [4.78, 5) is 17.1. The number of hydrogen-bond acceptors (Lipinski definition) is 4. The van der Waals surface area contributed by atoms with Crippen LogP contribution in [0.2, 0.25) is 0 Å². The zero-order chi connectivity index (χ0) is 18.7. The van der Waals surface area contributed by atoms with Crippen LogP contribution in [-0.4, -0.2) is 44.5 Å². The van der Waals surface area contributed by atoms with Crippen molar-refractivity contribution in [1.29, 1.82) is 0 Å². The summed E-state index contributed by atoms with van der Waals surface area (Å²) in [5.41, 5.74) is 2.62. The minimum absolute atomic E-state index is 0.128. The van der Waals surface area contributed by atoms with Crippen molar-refractivity contribution in [2.45, 2.75) is 26.7 Å². The van der Waals surface area contributed by atoms with Gasteiger partial charge >= 0.3 is 0 Å². The number of nitrogens with zero attached hydrogens (tertiary/aromatic N) is 2. The van der Waals surface area contributed by atoms with Crippen molar-refractivity contribution in [2.75, 3.05) is 43.9 Å². The molecule has 0 spiro atoms. The van der Waals surface area contributed by atoms with Crippen LogP contribution in [0.1, 0.15) is 34.7 Å². The smallest absolute Gasteiger partial charge is 0.259 e. The fourth-order valence-electron chi connectivity index (χ4n) is 3.70. The molecule has 1 amide bonds. The number of nitrogens with one attached hydrogen (secondary N) is 1. The Morgan fingerprint density at radius 3 is 2.38 bits per heavy atom. The number of carbonyl (C=O) groups is 1. The van der Waals surface area contributed by atoms with Crippen molar-refractivity contribution in [3.05, 3.63) is 47.4 Å². The zero-order valence-electron chi connectivity index (χ0n) is 16.2.